The quantitative estimate of drug-likeness (QED) is 0.637. The van der Waals surface area contributed by atoms with Crippen molar-refractivity contribution in [3.05, 3.63) is 33.9 Å². The molecule has 1 atom stereocenters. The van der Waals surface area contributed by atoms with E-state index >= 15 is 0 Å². The lowest BCUT2D eigenvalue weighted by Crippen LogP contribution is -2.11. The van der Waals surface area contributed by atoms with Crippen molar-refractivity contribution in [1.82, 2.24) is 0 Å². The van der Waals surface area contributed by atoms with Crippen molar-refractivity contribution in [3.63, 3.8) is 0 Å². The van der Waals surface area contributed by atoms with Crippen LogP contribution in [0.5, 0.6) is 5.75 Å². The first-order chi connectivity index (χ1) is 7.91. The van der Waals surface area contributed by atoms with E-state index in [0.29, 0.717) is 17.9 Å². The van der Waals surface area contributed by atoms with Crippen molar-refractivity contribution < 1.29 is 10.0 Å². The Morgan fingerprint density at radius 2 is 2.00 bits per heavy atom. The molecule has 1 aromatic carbocycles. The van der Waals surface area contributed by atoms with Gasteiger partial charge in [0.2, 0.25) is 0 Å². The molecule has 0 spiro atoms. The lowest BCUT2D eigenvalue weighted by Gasteiger charge is -2.14. The summed E-state index contributed by atoms with van der Waals surface area (Å²) in [4.78, 5) is 10.1. The van der Waals surface area contributed by atoms with Gasteiger partial charge in [-0.05, 0) is 24.8 Å². The van der Waals surface area contributed by atoms with E-state index in [-0.39, 0.29) is 29.9 Å². The highest BCUT2D eigenvalue weighted by molar-refractivity contribution is 5.85. The summed E-state index contributed by atoms with van der Waals surface area (Å²) in [5.74, 6) is 0.536. The molecule has 3 N–H and O–H groups in total. The number of aromatic hydroxyl groups is 1. The average Bonchev–Trinajstić information content (AvgIpc) is 2.26. The third-order valence-corrected chi connectivity index (χ3v) is 2.68. The predicted octanol–water partition coefficient (Wildman–Crippen LogP) is 3.16. The van der Waals surface area contributed by atoms with E-state index < -0.39 is 4.92 Å². The smallest absolute Gasteiger partial charge is 0.270 e. The maximum atomic E-state index is 10.6. The minimum absolute atomic E-state index is 0. The van der Waals surface area contributed by atoms with Crippen LogP contribution in [-0.4, -0.2) is 10.0 Å². The summed E-state index contributed by atoms with van der Waals surface area (Å²) in [5, 5.41) is 20.3. The highest BCUT2D eigenvalue weighted by atomic mass is 35.5. The first kappa shape index (κ1) is 16.7. The molecule has 1 aromatic rings. The van der Waals surface area contributed by atoms with Gasteiger partial charge in [-0.1, -0.05) is 13.8 Å². The number of hydrogen-bond donors (Lipinski definition) is 2. The van der Waals surface area contributed by atoms with E-state index in [0.717, 1.165) is 6.42 Å². The van der Waals surface area contributed by atoms with E-state index in [9.17, 15) is 15.2 Å². The summed E-state index contributed by atoms with van der Waals surface area (Å²) < 4.78 is 0. The number of halogens is 1. The van der Waals surface area contributed by atoms with Crippen LogP contribution in [0.4, 0.5) is 5.69 Å². The van der Waals surface area contributed by atoms with Gasteiger partial charge in [0.15, 0.2) is 0 Å². The topological polar surface area (TPSA) is 89.4 Å². The fourth-order valence-electron chi connectivity index (χ4n) is 1.62. The molecule has 0 saturated carbocycles. The van der Waals surface area contributed by atoms with Crippen LogP contribution in [0.3, 0.4) is 0 Å². The number of non-ortho nitro benzene ring substituents is 1. The Hall–Kier alpha value is -1.33. The van der Waals surface area contributed by atoms with E-state index in [1.807, 2.05) is 0 Å². The zero-order chi connectivity index (χ0) is 13.0. The molecule has 0 aliphatic heterocycles. The number of nitrogens with two attached hydrogens (primary N) is 1. The van der Waals surface area contributed by atoms with Gasteiger partial charge in [-0.15, -0.1) is 12.4 Å². The van der Waals surface area contributed by atoms with Crippen molar-refractivity contribution in [1.29, 1.82) is 0 Å². The monoisotopic (exact) mass is 274 g/mol. The Morgan fingerprint density at radius 3 is 2.50 bits per heavy atom. The Bertz CT molecular complexity index is 410. The zero-order valence-corrected chi connectivity index (χ0v) is 11.3. The molecule has 6 heteroatoms. The first-order valence-electron chi connectivity index (χ1n) is 5.64. The minimum atomic E-state index is -0.488. The number of phenolic OH excluding ortho intramolecular Hbond substituents is 1. The largest absolute Gasteiger partial charge is 0.508 e. The third kappa shape index (κ3) is 4.50. The van der Waals surface area contributed by atoms with Gasteiger partial charge in [-0.25, -0.2) is 0 Å². The SMILES string of the molecule is CC(C)CC[C@H](N)c1cc([N+](=O)[O-])ccc1O.Cl. The standard InChI is InChI=1S/C12H18N2O3.ClH/c1-8(2)3-5-11(13)10-7-9(14(16)17)4-6-12(10)15;/h4,6-8,11,15H,3,5,13H2,1-2H3;1H/t11-;/m0./s1. The summed E-state index contributed by atoms with van der Waals surface area (Å²) >= 11 is 0. The van der Waals surface area contributed by atoms with Crippen LogP contribution in [-0.2, 0) is 0 Å². The summed E-state index contributed by atoms with van der Waals surface area (Å²) in [6.45, 7) is 4.17. The number of rotatable bonds is 5. The van der Waals surface area contributed by atoms with Crippen LogP contribution in [0.1, 0.15) is 38.3 Å². The lowest BCUT2D eigenvalue weighted by atomic mass is 9.97. The molecule has 0 aliphatic carbocycles. The number of nitrogens with zero attached hydrogens (tertiary/aromatic N) is 1. The van der Waals surface area contributed by atoms with E-state index in [2.05, 4.69) is 13.8 Å². The highest BCUT2D eigenvalue weighted by Crippen LogP contribution is 2.30. The van der Waals surface area contributed by atoms with Crippen LogP contribution in [0, 0.1) is 16.0 Å². The van der Waals surface area contributed by atoms with Gasteiger partial charge in [-0.3, -0.25) is 10.1 Å². The molecule has 5 nitrogen and oxygen atoms in total. The molecule has 0 bridgehead atoms. The molecule has 0 radical (unpaired) electrons. The number of nitro benzene ring substituents is 1. The van der Waals surface area contributed by atoms with Crippen molar-refractivity contribution in [2.24, 2.45) is 11.7 Å². The summed E-state index contributed by atoms with van der Waals surface area (Å²) in [6, 6.07) is 3.58. The van der Waals surface area contributed by atoms with E-state index in [1.165, 1.54) is 18.2 Å². The van der Waals surface area contributed by atoms with Crippen LogP contribution >= 0.6 is 12.4 Å². The highest BCUT2D eigenvalue weighted by Gasteiger charge is 2.16. The van der Waals surface area contributed by atoms with Gasteiger partial charge in [-0.2, -0.15) is 0 Å². The van der Waals surface area contributed by atoms with E-state index in [1.54, 1.807) is 0 Å². The Morgan fingerprint density at radius 1 is 1.39 bits per heavy atom. The van der Waals surface area contributed by atoms with Gasteiger partial charge in [0, 0.05) is 23.7 Å². The molecule has 0 fully saturated rings. The number of phenols is 1. The molecule has 0 unspecified atom stereocenters. The van der Waals surface area contributed by atoms with Crippen molar-refractivity contribution >= 4 is 18.1 Å². The molecule has 0 aliphatic rings. The van der Waals surface area contributed by atoms with Crippen molar-refractivity contribution in [2.45, 2.75) is 32.7 Å². The molecule has 1 rings (SSSR count). The van der Waals surface area contributed by atoms with Crippen LogP contribution in [0.2, 0.25) is 0 Å². The second kappa shape index (κ2) is 7.18. The molecule has 0 aromatic heterocycles. The first-order valence-corrected chi connectivity index (χ1v) is 5.64. The maximum Gasteiger partial charge on any atom is 0.270 e. The molecule has 102 valence electrons. The van der Waals surface area contributed by atoms with Gasteiger partial charge in [0.05, 0.1) is 4.92 Å². The van der Waals surface area contributed by atoms with Gasteiger partial charge < -0.3 is 10.8 Å². The van der Waals surface area contributed by atoms with Crippen molar-refractivity contribution in [3.8, 4) is 5.75 Å². The number of nitro groups is 1. The third-order valence-electron chi connectivity index (χ3n) is 2.68. The van der Waals surface area contributed by atoms with E-state index in [4.69, 9.17) is 5.73 Å². The molecule has 0 amide bonds. The Balaban J connectivity index is 0.00000289. The number of hydrogen-bond acceptors (Lipinski definition) is 4. The summed E-state index contributed by atoms with van der Waals surface area (Å²) in [7, 11) is 0. The second-order valence-corrected chi connectivity index (χ2v) is 4.58. The van der Waals surface area contributed by atoms with Crippen LogP contribution < -0.4 is 5.73 Å². The Labute approximate surface area is 113 Å². The van der Waals surface area contributed by atoms with Crippen LogP contribution in [0.25, 0.3) is 0 Å². The fourth-order valence-corrected chi connectivity index (χ4v) is 1.62. The van der Waals surface area contributed by atoms with Crippen molar-refractivity contribution in [2.75, 3.05) is 0 Å². The zero-order valence-electron chi connectivity index (χ0n) is 10.5. The maximum absolute atomic E-state index is 10.6. The van der Waals surface area contributed by atoms with Gasteiger partial charge in [0.25, 0.3) is 5.69 Å². The van der Waals surface area contributed by atoms with Gasteiger partial charge >= 0.3 is 0 Å². The second-order valence-electron chi connectivity index (χ2n) is 4.58. The lowest BCUT2D eigenvalue weighted by molar-refractivity contribution is -0.385. The molecular formula is C12H19ClN2O3. The Kier molecular flexibility index (Phi) is 6.65. The molecule has 18 heavy (non-hydrogen) atoms. The summed E-state index contributed by atoms with van der Waals surface area (Å²) in [5.41, 5.74) is 6.33. The molecular weight excluding hydrogens is 256 g/mol. The van der Waals surface area contributed by atoms with Gasteiger partial charge in [0.1, 0.15) is 5.75 Å². The molecule has 0 saturated heterocycles. The fraction of sp³-hybridized carbons (Fsp3) is 0.500. The summed E-state index contributed by atoms with van der Waals surface area (Å²) in [6.07, 6.45) is 1.62. The predicted molar refractivity (Wildman–Crippen MR) is 73.0 cm³/mol. The average molecular weight is 275 g/mol. The van der Waals surface area contributed by atoms with Crippen LogP contribution in [0.15, 0.2) is 18.2 Å². The normalized spacial score (nSPS) is 12.0. The number of benzene rings is 1. The minimum Gasteiger partial charge on any atom is -0.508 e. The molecule has 0 heterocycles.